The summed E-state index contributed by atoms with van der Waals surface area (Å²) in [4.78, 5) is 24.9. The van der Waals surface area contributed by atoms with Gasteiger partial charge in [-0.1, -0.05) is 0 Å². The number of aliphatic hydroxyl groups excluding tert-OH is 1. The number of carbonyl (C=O) groups is 2. The number of esters is 1. The molecule has 1 saturated heterocycles. The van der Waals surface area contributed by atoms with Crippen LogP contribution in [0.3, 0.4) is 0 Å². The third-order valence-corrected chi connectivity index (χ3v) is 9.18. The fourth-order valence-corrected chi connectivity index (χ4v) is 8.04. The first-order valence-electron chi connectivity index (χ1n) is 7.63. The molecule has 2 saturated carbocycles. The van der Waals surface area contributed by atoms with E-state index in [0.29, 0.717) is 12.8 Å². The van der Waals surface area contributed by atoms with Crippen LogP contribution < -0.4 is 0 Å². The molecule has 1 N–H and O–H groups in total. The van der Waals surface area contributed by atoms with Crippen LogP contribution >= 0.6 is 23.5 Å². The maximum Gasteiger partial charge on any atom is 0.310 e. The Hall–Kier alpha value is -0.240. The van der Waals surface area contributed by atoms with Crippen molar-refractivity contribution in [1.29, 1.82) is 0 Å². The van der Waals surface area contributed by atoms with Gasteiger partial charge >= 0.3 is 5.97 Å². The van der Waals surface area contributed by atoms with Gasteiger partial charge in [-0.3, -0.25) is 9.59 Å². The number of ketones is 1. The average molecular weight is 346 g/mol. The van der Waals surface area contributed by atoms with Crippen LogP contribution in [0.5, 0.6) is 0 Å². The molecule has 2 bridgehead atoms. The highest BCUT2D eigenvalue weighted by Gasteiger charge is 2.60. The molecule has 3 fully saturated rings. The van der Waals surface area contributed by atoms with Gasteiger partial charge in [-0.2, -0.15) is 0 Å². The van der Waals surface area contributed by atoms with E-state index in [4.69, 9.17) is 9.47 Å². The predicted molar refractivity (Wildman–Crippen MR) is 85.5 cm³/mol. The van der Waals surface area contributed by atoms with Crippen molar-refractivity contribution in [2.45, 2.75) is 29.6 Å². The van der Waals surface area contributed by atoms with Crippen molar-refractivity contribution in [3.63, 3.8) is 0 Å². The van der Waals surface area contributed by atoms with Gasteiger partial charge in [0.1, 0.15) is 5.78 Å². The maximum absolute atomic E-state index is 12.6. The van der Waals surface area contributed by atoms with Gasteiger partial charge in [0.2, 0.25) is 0 Å². The maximum atomic E-state index is 12.6. The number of ether oxygens (including phenoxy) is 2. The van der Waals surface area contributed by atoms with Crippen LogP contribution in [-0.4, -0.2) is 53.0 Å². The van der Waals surface area contributed by atoms with Crippen molar-refractivity contribution in [2.75, 3.05) is 25.7 Å². The molecule has 1 heterocycles. The fraction of sp³-hybridized carbons (Fsp3) is 0.867. The summed E-state index contributed by atoms with van der Waals surface area (Å²) in [5.74, 6) is 1.26. The number of hydrogen-bond donors (Lipinski definition) is 1. The lowest BCUT2D eigenvalue weighted by molar-refractivity contribution is -0.164. The Morgan fingerprint density at radius 3 is 2.55 bits per heavy atom. The number of carbonyl (C=O) groups excluding carboxylic acids is 2. The van der Waals surface area contributed by atoms with Crippen LogP contribution in [0, 0.1) is 23.7 Å². The molecule has 0 aromatic heterocycles. The van der Waals surface area contributed by atoms with Crippen LogP contribution in [0.1, 0.15) is 19.3 Å². The molecule has 124 valence electrons. The number of methoxy groups -OCH3 is 2. The molecule has 0 aromatic rings. The third kappa shape index (κ3) is 2.50. The Balaban J connectivity index is 1.92. The SMILES string of the molecule is COC(=O)[C@@H]1C[C@H]2C[C@@H](C[C@@H]([C@H](O)OC)C2=O)C12SCCS2. The minimum absolute atomic E-state index is 0.0438. The van der Waals surface area contributed by atoms with Crippen molar-refractivity contribution in [3.8, 4) is 0 Å². The molecule has 0 amide bonds. The topological polar surface area (TPSA) is 72.8 Å². The number of hydrogen-bond acceptors (Lipinski definition) is 7. The van der Waals surface area contributed by atoms with E-state index in [2.05, 4.69) is 0 Å². The summed E-state index contributed by atoms with van der Waals surface area (Å²) < 4.78 is 9.82. The van der Waals surface area contributed by atoms with E-state index in [9.17, 15) is 14.7 Å². The largest absolute Gasteiger partial charge is 0.469 e. The predicted octanol–water partition coefficient (Wildman–Crippen LogP) is 1.53. The van der Waals surface area contributed by atoms with Gasteiger partial charge < -0.3 is 14.6 Å². The molecule has 0 radical (unpaired) electrons. The van der Waals surface area contributed by atoms with Crippen molar-refractivity contribution in [3.05, 3.63) is 0 Å². The molecule has 0 unspecified atom stereocenters. The Labute approximate surface area is 138 Å². The van der Waals surface area contributed by atoms with E-state index in [1.54, 1.807) is 0 Å². The number of rotatable bonds is 3. The smallest absolute Gasteiger partial charge is 0.310 e. The molecule has 1 spiro atoms. The molecule has 3 aliphatic rings. The zero-order chi connectivity index (χ0) is 15.9. The third-order valence-electron chi connectivity index (χ3n) is 5.26. The monoisotopic (exact) mass is 346 g/mol. The molecule has 5 nitrogen and oxygen atoms in total. The Morgan fingerprint density at radius 2 is 1.95 bits per heavy atom. The van der Waals surface area contributed by atoms with Crippen LogP contribution in [0.25, 0.3) is 0 Å². The Bertz CT molecular complexity index is 463. The molecule has 1 aliphatic heterocycles. The van der Waals surface area contributed by atoms with E-state index in [1.165, 1.54) is 14.2 Å². The number of fused-ring (bicyclic) bond motifs is 3. The second kappa shape index (κ2) is 6.34. The quantitative estimate of drug-likeness (QED) is 0.614. The van der Waals surface area contributed by atoms with E-state index < -0.39 is 12.2 Å². The lowest BCUT2D eigenvalue weighted by atomic mass is 9.63. The molecule has 7 heteroatoms. The zero-order valence-corrected chi connectivity index (χ0v) is 14.5. The van der Waals surface area contributed by atoms with Crippen LogP contribution in [0.4, 0.5) is 0 Å². The highest BCUT2D eigenvalue weighted by Crippen LogP contribution is 2.63. The second-order valence-electron chi connectivity index (χ2n) is 6.23. The van der Waals surface area contributed by atoms with Gasteiger partial charge in [-0.15, -0.1) is 23.5 Å². The van der Waals surface area contributed by atoms with Gasteiger partial charge in [0.15, 0.2) is 6.29 Å². The van der Waals surface area contributed by atoms with E-state index >= 15 is 0 Å². The Kier molecular flexibility index (Phi) is 4.79. The van der Waals surface area contributed by atoms with Crippen LogP contribution in [-0.2, 0) is 19.1 Å². The first kappa shape index (κ1) is 16.6. The number of Topliss-reactive ketones (excluding diaryl/α,β-unsaturated/α-hetero) is 1. The number of aliphatic hydroxyl groups is 1. The van der Waals surface area contributed by atoms with Gasteiger partial charge in [-0.05, 0) is 25.2 Å². The van der Waals surface area contributed by atoms with E-state index in [0.717, 1.165) is 17.9 Å². The van der Waals surface area contributed by atoms with E-state index in [1.807, 2.05) is 23.5 Å². The molecule has 22 heavy (non-hydrogen) atoms. The highest BCUT2D eigenvalue weighted by molar-refractivity contribution is 8.21. The highest BCUT2D eigenvalue weighted by atomic mass is 32.2. The summed E-state index contributed by atoms with van der Waals surface area (Å²) in [6.45, 7) is 0. The number of thioether (sulfide) groups is 2. The molecular formula is C15H22O5S2. The first-order valence-corrected chi connectivity index (χ1v) is 9.61. The fourth-order valence-electron chi connectivity index (χ4n) is 4.26. The first-order chi connectivity index (χ1) is 10.5. The van der Waals surface area contributed by atoms with Crippen LogP contribution in [0.2, 0.25) is 0 Å². The summed E-state index contributed by atoms with van der Waals surface area (Å²) >= 11 is 3.67. The van der Waals surface area contributed by atoms with Crippen molar-refractivity contribution >= 4 is 35.3 Å². The zero-order valence-electron chi connectivity index (χ0n) is 12.8. The molecule has 3 rings (SSSR count). The summed E-state index contributed by atoms with van der Waals surface area (Å²) in [6.07, 6.45) is 0.910. The normalized spacial score (nSPS) is 38.0. The second-order valence-corrected chi connectivity index (χ2v) is 9.23. The summed E-state index contributed by atoms with van der Waals surface area (Å²) in [5.41, 5.74) is 0. The van der Waals surface area contributed by atoms with Crippen LogP contribution in [0.15, 0.2) is 0 Å². The standard InChI is InChI=1S/C15H22O5S2/c1-19-13(17)10-7-9-5-8(12(10)16)6-11(14(18)20-2)15(9)21-3-4-22-15/h8-11,13,17H,3-7H2,1-2H3/t8-,9+,10-,11+,13-/m1/s1. The molecular weight excluding hydrogens is 324 g/mol. The average Bonchev–Trinajstić information content (AvgIpc) is 3.02. The van der Waals surface area contributed by atoms with Gasteiger partial charge in [0, 0.05) is 24.5 Å². The molecule has 0 aromatic carbocycles. The minimum atomic E-state index is -1.04. The van der Waals surface area contributed by atoms with Gasteiger partial charge in [0.05, 0.1) is 23.0 Å². The lowest BCUT2D eigenvalue weighted by Gasteiger charge is -2.51. The van der Waals surface area contributed by atoms with Crippen molar-refractivity contribution < 1.29 is 24.2 Å². The van der Waals surface area contributed by atoms with Crippen molar-refractivity contribution in [1.82, 2.24) is 0 Å². The van der Waals surface area contributed by atoms with E-state index in [-0.39, 0.29) is 33.6 Å². The Morgan fingerprint density at radius 1 is 1.27 bits per heavy atom. The molecule has 2 aliphatic carbocycles. The van der Waals surface area contributed by atoms with Gasteiger partial charge in [-0.25, -0.2) is 0 Å². The minimum Gasteiger partial charge on any atom is -0.469 e. The summed E-state index contributed by atoms with van der Waals surface area (Å²) in [7, 11) is 2.85. The summed E-state index contributed by atoms with van der Waals surface area (Å²) in [5, 5.41) is 10.0. The van der Waals surface area contributed by atoms with Crippen molar-refractivity contribution in [2.24, 2.45) is 23.7 Å². The van der Waals surface area contributed by atoms with Gasteiger partial charge in [0.25, 0.3) is 0 Å². The summed E-state index contributed by atoms with van der Waals surface area (Å²) in [6, 6.07) is 0. The lowest BCUT2D eigenvalue weighted by Crippen LogP contribution is -2.55. The molecule has 5 atom stereocenters.